The van der Waals surface area contributed by atoms with Gasteiger partial charge >= 0.3 is 0 Å². The standard InChI is InChI=1S/C22H21ClN4O3S/c1-3-13-6-4-5-7-17(13)27-12-14(10-19(27)28)21-25-26-22(31-21)24-20(29)16-11-15(23)8-9-18(16)30-2/h4-9,11,14H,3,10,12H2,1-2H3,(H,24,26,29). The molecule has 1 aromatic heterocycles. The first-order chi connectivity index (χ1) is 15.0. The fourth-order valence-electron chi connectivity index (χ4n) is 3.65. The number of ether oxygens (including phenoxy) is 1. The van der Waals surface area contributed by atoms with Crippen molar-refractivity contribution in [3.05, 3.63) is 63.6 Å². The van der Waals surface area contributed by atoms with E-state index in [1.54, 1.807) is 12.1 Å². The molecule has 1 aliphatic rings. The van der Waals surface area contributed by atoms with Crippen LogP contribution in [0.5, 0.6) is 5.75 Å². The zero-order valence-electron chi connectivity index (χ0n) is 17.1. The topological polar surface area (TPSA) is 84.4 Å². The van der Waals surface area contributed by atoms with E-state index in [2.05, 4.69) is 22.4 Å². The van der Waals surface area contributed by atoms with Gasteiger partial charge in [-0.2, -0.15) is 0 Å². The monoisotopic (exact) mass is 456 g/mol. The van der Waals surface area contributed by atoms with E-state index >= 15 is 0 Å². The van der Waals surface area contributed by atoms with Crippen LogP contribution < -0.4 is 15.0 Å². The van der Waals surface area contributed by atoms with Crippen molar-refractivity contribution >= 4 is 45.6 Å². The van der Waals surface area contributed by atoms with Gasteiger partial charge in [0.25, 0.3) is 5.91 Å². The van der Waals surface area contributed by atoms with Crippen LogP contribution in [0.1, 0.15) is 40.2 Å². The lowest BCUT2D eigenvalue weighted by molar-refractivity contribution is -0.117. The van der Waals surface area contributed by atoms with Gasteiger partial charge in [-0.05, 0) is 36.2 Å². The summed E-state index contributed by atoms with van der Waals surface area (Å²) in [6.07, 6.45) is 1.22. The average Bonchev–Trinajstić information content (AvgIpc) is 3.40. The Labute approximate surface area is 189 Å². The zero-order valence-corrected chi connectivity index (χ0v) is 18.7. The molecule has 1 unspecified atom stereocenters. The summed E-state index contributed by atoms with van der Waals surface area (Å²) in [4.78, 5) is 27.2. The molecule has 3 aromatic rings. The van der Waals surface area contributed by atoms with E-state index in [0.717, 1.165) is 22.7 Å². The summed E-state index contributed by atoms with van der Waals surface area (Å²) < 4.78 is 5.24. The second-order valence-corrected chi connectivity index (χ2v) is 8.58. The molecule has 2 aromatic carbocycles. The SMILES string of the molecule is CCc1ccccc1N1CC(c2nnc(NC(=O)c3cc(Cl)ccc3OC)s2)CC1=O. The fraction of sp³-hybridized carbons (Fsp3) is 0.273. The molecule has 1 N–H and O–H groups in total. The molecule has 1 atom stereocenters. The third-order valence-corrected chi connectivity index (χ3v) is 6.44. The first kappa shape index (κ1) is 21.3. The summed E-state index contributed by atoms with van der Waals surface area (Å²) in [5.74, 6) is 0.0259. The predicted molar refractivity (Wildman–Crippen MR) is 121 cm³/mol. The molecular formula is C22H21ClN4O3S. The van der Waals surface area contributed by atoms with Crippen LogP contribution >= 0.6 is 22.9 Å². The van der Waals surface area contributed by atoms with Crippen molar-refractivity contribution in [2.45, 2.75) is 25.7 Å². The molecule has 4 rings (SSSR count). The van der Waals surface area contributed by atoms with Crippen molar-refractivity contribution in [1.82, 2.24) is 10.2 Å². The van der Waals surface area contributed by atoms with Crippen molar-refractivity contribution in [3.8, 4) is 5.75 Å². The molecule has 31 heavy (non-hydrogen) atoms. The number of methoxy groups -OCH3 is 1. The number of nitrogens with one attached hydrogen (secondary N) is 1. The number of aryl methyl sites for hydroxylation is 1. The summed E-state index contributed by atoms with van der Waals surface area (Å²) in [5, 5.41) is 12.6. The Bertz CT molecular complexity index is 1130. The summed E-state index contributed by atoms with van der Waals surface area (Å²) in [7, 11) is 1.49. The summed E-state index contributed by atoms with van der Waals surface area (Å²) in [6.45, 7) is 2.62. The number of para-hydroxylation sites is 1. The Balaban J connectivity index is 1.49. The second-order valence-electron chi connectivity index (χ2n) is 7.13. The maximum absolute atomic E-state index is 12.7. The van der Waals surface area contributed by atoms with Crippen LogP contribution in [0.15, 0.2) is 42.5 Å². The molecule has 2 amide bonds. The molecule has 1 fully saturated rings. The van der Waals surface area contributed by atoms with Gasteiger partial charge in [0.05, 0.1) is 12.7 Å². The van der Waals surface area contributed by atoms with Gasteiger partial charge in [-0.3, -0.25) is 14.9 Å². The Morgan fingerprint density at radius 1 is 1.29 bits per heavy atom. The molecule has 1 saturated heterocycles. The molecule has 0 aliphatic carbocycles. The quantitative estimate of drug-likeness (QED) is 0.588. The van der Waals surface area contributed by atoms with Gasteiger partial charge in [0.15, 0.2) is 0 Å². The van der Waals surface area contributed by atoms with Gasteiger partial charge in [0.1, 0.15) is 10.8 Å². The average molecular weight is 457 g/mol. The van der Waals surface area contributed by atoms with E-state index in [-0.39, 0.29) is 17.7 Å². The minimum Gasteiger partial charge on any atom is -0.496 e. The van der Waals surface area contributed by atoms with Crippen LogP contribution in [0, 0.1) is 0 Å². The lowest BCUT2D eigenvalue weighted by Crippen LogP contribution is -2.25. The number of hydrogen-bond acceptors (Lipinski definition) is 6. The molecule has 160 valence electrons. The van der Waals surface area contributed by atoms with Gasteiger partial charge < -0.3 is 9.64 Å². The van der Waals surface area contributed by atoms with Crippen LogP contribution in [0.2, 0.25) is 5.02 Å². The number of rotatable bonds is 6. The number of benzene rings is 2. The van der Waals surface area contributed by atoms with Crippen LogP contribution in [0.3, 0.4) is 0 Å². The molecule has 0 spiro atoms. The van der Waals surface area contributed by atoms with Crippen LogP contribution in [0.4, 0.5) is 10.8 Å². The largest absolute Gasteiger partial charge is 0.496 e. The number of nitrogens with zero attached hydrogens (tertiary/aromatic N) is 3. The summed E-state index contributed by atoms with van der Waals surface area (Å²) in [6, 6.07) is 12.8. The zero-order chi connectivity index (χ0) is 22.0. The van der Waals surface area contributed by atoms with E-state index in [0.29, 0.717) is 34.4 Å². The van der Waals surface area contributed by atoms with Gasteiger partial charge in [0.2, 0.25) is 11.0 Å². The van der Waals surface area contributed by atoms with Gasteiger partial charge in [-0.1, -0.05) is 48.1 Å². The number of carbonyl (C=O) groups excluding carboxylic acids is 2. The number of anilines is 2. The van der Waals surface area contributed by atoms with Crippen LogP contribution in [-0.4, -0.2) is 35.7 Å². The number of aromatic nitrogens is 2. The highest BCUT2D eigenvalue weighted by atomic mass is 35.5. The van der Waals surface area contributed by atoms with Crippen molar-refractivity contribution in [1.29, 1.82) is 0 Å². The first-order valence-electron chi connectivity index (χ1n) is 9.86. The Hall–Kier alpha value is -2.97. The van der Waals surface area contributed by atoms with E-state index in [4.69, 9.17) is 16.3 Å². The third-order valence-electron chi connectivity index (χ3n) is 5.20. The number of amides is 2. The lowest BCUT2D eigenvalue weighted by atomic mass is 10.1. The van der Waals surface area contributed by atoms with Crippen molar-refractivity contribution in [2.24, 2.45) is 0 Å². The van der Waals surface area contributed by atoms with E-state index in [1.807, 2.05) is 29.2 Å². The highest BCUT2D eigenvalue weighted by molar-refractivity contribution is 7.15. The Morgan fingerprint density at radius 3 is 2.87 bits per heavy atom. The normalized spacial score (nSPS) is 15.9. The molecule has 7 nitrogen and oxygen atoms in total. The minimum absolute atomic E-state index is 0.0651. The van der Waals surface area contributed by atoms with Gasteiger partial charge in [-0.25, -0.2) is 0 Å². The third kappa shape index (κ3) is 4.40. The molecule has 2 heterocycles. The van der Waals surface area contributed by atoms with Crippen molar-refractivity contribution < 1.29 is 14.3 Å². The smallest absolute Gasteiger partial charge is 0.261 e. The molecule has 9 heteroatoms. The van der Waals surface area contributed by atoms with Crippen molar-refractivity contribution in [2.75, 3.05) is 23.9 Å². The number of carbonyl (C=O) groups is 2. The van der Waals surface area contributed by atoms with E-state index in [1.165, 1.54) is 24.5 Å². The van der Waals surface area contributed by atoms with Crippen molar-refractivity contribution in [3.63, 3.8) is 0 Å². The number of hydrogen-bond donors (Lipinski definition) is 1. The second kappa shape index (κ2) is 9.03. The molecule has 0 bridgehead atoms. The van der Waals surface area contributed by atoms with E-state index < -0.39 is 0 Å². The minimum atomic E-state index is -0.386. The molecule has 0 saturated carbocycles. The summed E-state index contributed by atoms with van der Waals surface area (Å²) in [5.41, 5.74) is 2.39. The van der Waals surface area contributed by atoms with Gasteiger partial charge in [0, 0.05) is 29.6 Å². The first-order valence-corrected chi connectivity index (χ1v) is 11.1. The van der Waals surface area contributed by atoms with E-state index in [9.17, 15) is 9.59 Å². The Kier molecular flexibility index (Phi) is 6.20. The summed E-state index contributed by atoms with van der Waals surface area (Å²) >= 11 is 7.29. The van der Waals surface area contributed by atoms with Gasteiger partial charge in [-0.15, -0.1) is 10.2 Å². The highest BCUT2D eigenvalue weighted by Crippen LogP contribution is 2.36. The maximum Gasteiger partial charge on any atom is 0.261 e. The Morgan fingerprint density at radius 2 is 2.10 bits per heavy atom. The molecule has 0 radical (unpaired) electrons. The number of halogens is 1. The predicted octanol–water partition coefficient (Wildman–Crippen LogP) is 4.54. The molecular weight excluding hydrogens is 436 g/mol. The van der Waals surface area contributed by atoms with Crippen LogP contribution in [0.25, 0.3) is 0 Å². The highest BCUT2D eigenvalue weighted by Gasteiger charge is 2.34. The van der Waals surface area contributed by atoms with Crippen LogP contribution in [-0.2, 0) is 11.2 Å². The lowest BCUT2D eigenvalue weighted by Gasteiger charge is -2.19. The fourth-order valence-corrected chi connectivity index (χ4v) is 4.65. The molecule has 1 aliphatic heterocycles. The maximum atomic E-state index is 12.7.